The molecule has 0 unspecified atom stereocenters. The molecule has 1 fully saturated rings. The fraction of sp³-hybridized carbons (Fsp3) is 0.556. The quantitative estimate of drug-likeness (QED) is 0.576. The summed E-state index contributed by atoms with van der Waals surface area (Å²) in [5.41, 5.74) is 2.47. The molecule has 1 saturated carbocycles. The zero-order chi connectivity index (χ0) is 16.5. The molecular weight excluding hydrogens is 288 g/mol. The van der Waals surface area contributed by atoms with Crippen LogP contribution in [0.1, 0.15) is 43.2 Å². The van der Waals surface area contributed by atoms with Crippen molar-refractivity contribution < 1.29 is 4.79 Å². The number of nitrogens with one attached hydrogen (secondary N) is 3. The predicted octanol–water partition coefficient (Wildman–Crippen LogP) is 2.11. The summed E-state index contributed by atoms with van der Waals surface area (Å²) in [5, 5.41) is 9.42. The van der Waals surface area contributed by atoms with Crippen molar-refractivity contribution in [1.29, 1.82) is 0 Å². The van der Waals surface area contributed by atoms with E-state index in [0.717, 1.165) is 12.8 Å². The highest BCUT2D eigenvalue weighted by Gasteiger charge is 2.15. The summed E-state index contributed by atoms with van der Waals surface area (Å²) in [6, 6.07) is 8.58. The van der Waals surface area contributed by atoms with E-state index in [2.05, 4.69) is 40.0 Å². The van der Waals surface area contributed by atoms with Crippen LogP contribution >= 0.6 is 0 Å². The lowest BCUT2D eigenvalue weighted by molar-refractivity contribution is -0.120. The summed E-state index contributed by atoms with van der Waals surface area (Å²) in [5.74, 6) is 0.683. The van der Waals surface area contributed by atoms with Crippen LogP contribution in [-0.2, 0) is 11.3 Å². The van der Waals surface area contributed by atoms with Gasteiger partial charge in [-0.15, -0.1) is 0 Å². The van der Waals surface area contributed by atoms with Crippen molar-refractivity contribution in [2.24, 2.45) is 4.99 Å². The van der Waals surface area contributed by atoms with Gasteiger partial charge in [0.25, 0.3) is 0 Å². The maximum Gasteiger partial charge on any atom is 0.239 e. The van der Waals surface area contributed by atoms with Gasteiger partial charge in [-0.1, -0.05) is 43.5 Å². The van der Waals surface area contributed by atoms with E-state index in [-0.39, 0.29) is 12.5 Å². The molecule has 0 heterocycles. The van der Waals surface area contributed by atoms with Crippen LogP contribution in [0.2, 0.25) is 0 Å². The SMILES string of the molecule is CN=C(NCC(=O)NC1CCCCC1)NCc1ccccc1C. The minimum Gasteiger partial charge on any atom is -0.352 e. The lowest BCUT2D eigenvalue weighted by Crippen LogP contribution is -2.45. The summed E-state index contributed by atoms with van der Waals surface area (Å²) in [6.45, 7) is 3.03. The summed E-state index contributed by atoms with van der Waals surface area (Å²) < 4.78 is 0. The highest BCUT2D eigenvalue weighted by atomic mass is 16.2. The van der Waals surface area contributed by atoms with E-state index in [9.17, 15) is 4.79 Å². The third kappa shape index (κ3) is 5.93. The first-order valence-electron chi connectivity index (χ1n) is 8.47. The molecule has 3 N–H and O–H groups in total. The molecule has 0 spiro atoms. The number of rotatable bonds is 5. The lowest BCUT2D eigenvalue weighted by Gasteiger charge is -2.23. The van der Waals surface area contributed by atoms with Gasteiger partial charge in [0.1, 0.15) is 0 Å². The third-order valence-corrected chi connectivity index (χ3v) is 4.32. The van der Waals surface area contributed by atoms with E-state index in [1.807, 2.05) is 12.1 Å². The van der Waals surface area contributed by atoms with Crippen LogP contribution in [-0.4, -0.2) is 31.5 Å². The standard InChI is InChI=1S/C18H28N4O/c1-14-8-6-7-9-15(14)12-20-18(19-2)21-13-17(23)22-16-10-4-3-5-11-16/h6-9,16H,3-5,10-13H2,1-2H3,(H,22,23)(H2,19,20,21). The molecule has 0 atom stereocenters. The van der Waals surface area contributed by atoms with Gasteiger partial charge in [-0.3, -0.25) is 9.79 Å². The summed E-state index contributed by atoms with van der Waals surface area (Å²) in [7, 11) is 1.71. The first-order valence-corrected chi connectivity index (χ1v) is 8.47. The van der Waals surface area contributed by atoms with Gasteiger partial charge in [0.2, 0.25) is 5.91 Å². The van der Waals surface area contributed by atoms with E-state index in [1.54, 1.807) is 7.05 Å². The van der Waals surface area contributed by atoms with E-state index < -0.39 is 0 Å². The van der Waals surface area contributed by atoms with Crippen molar-refractivity contribution in [3.63, 3.8) is 0 Å². The van der Waals surface area contributed by atoms with Gasteiger partial charge in [0, 0.05) is 19.6 Å². The molecule has 1 aliphatic rings. The maximum atomic E-state index is 12.0. The zero-order valence-electron chi connectivity index (χ0n) is 14.2. The minimum atomic E-state index is 0.0377. The lowest BCUT2D eigenvalue weighted by atomic mass is 9.95. The second-order valence-corrected chi connectivity index (χ2v) is 6.11. The minimum absolute atomic E-state index is 0.0377. The number of amides is 1. The second-order valence-electron chi connectivity index (χ2n) is 6.11. The number of aryl methyl sites for hydroxylation is 1. The van der Waals surface area contributed by atoms with Crippen molar-refractivity contribution in [3.8, 4) is 0 Å². The van der Waals surface area contributed by atoms with Crippen molar-refractivity contribution in [3.05, 3.63) is 35.4 Å². The highest BCUT2D eigenvalue weighted by Crippen LogP contribution is 2.17. The molecule has 23 heavy (non-hydrogen) atoms. The Bertz CT molecular complexity index is 536. The first kappa shape index (κ1) is 17.3. The maximum absolute atomic E-state index is 12.0. The predicted molar refractivity (Wildman–Crippen MR) is 94.4 cm³/mol. The number of benzene rings is 1. The van der Waals surface area contributed by atoms with Gasteiger partial charge in [0.15, 0.2) is 5.96 Å². The largest absolute Gasteiger partial charge is 0.352 e. The van der Waals surface area contributed by atoms with Gasteiger partial charge in [0.05, 0.1) is 6.54 Å². The van der Waals surface area contributed by atoms with Gasteiger partial charge >= 0.3 is 0 Å². The fourth-order valence-corrected chi connectivity index (χ4v) is 2.90. The van der Waals surface area contributed by atoms with Crippen LogP contribution < -0.4 is 16.0 Å². The van der Waals surface area contributed by atoms with E-state index >= 15 is 0 Å². The molecule has 2 rings (SSSR count). The Balaban J connectivity index is 1.72. The Morgan fingerprint density at radius 2 is 1.91 bits per heavy atom. The van der Waals surface area contributed by atoms with Gasteiger partial charge in [-0.25, -0.2) is 0 Å². The van der Waals surface area contributed by atoms with Crippen LogP contribution in [0.4, 0.5) is 0 Å². The van der Waals surface area contributed by atoms with E-state index in [4.69, 9.17) is 0 Å². The van der Waals surface area contributed by atoms with Crippen molar-refractivity contribution in [1.82, 2.24) is 16.0 Å². The Morgan fingerprint density at radius 3 is 2.61 bits per heavy atom. The number of carbonyl (C=O) groups is 1. The average Bonchev–Trinajstić information content (AvgIpc) is 2.57. The monoisotopic (exact) mass is 316 g/mol. The molecule has 0 bridgehead atoms. The number of hydrogen-bond acceptors (Lipinski definition) is 2. The second kappa shape index (κ2) is 9.18. The molecular formula is C18H28N4O. The topological polar surface area (TPSA) is 65.5 Å². The number of hydrogen-bond donors (Lipinski definition) is 3. The Labute approximate surface area is 139 Å². The number of guanidine groups is 1. The van der Waals surface area contributed by atoms with Crippen molar-refractivity contribution >= 4 is 11.9 Å². The van der Waals surface area contributed by atoms with E-state index in [0.29, 0.717) is 18.5 Å². The molecule has 0 aliphatic heterocycles. The van der Waals surface area contributed by atoms with Crippen molar-refractivity contribution in [2.45, 2.75) is 51.6 Å². The Hall–Kier alpha value is -2.04. The Kier molecular flexibility index (Phi) is 6.91. The van der Waals surface area contributed by atoms with Crippen molar-refractivity contribution in [2.75, 3.05) is 13.6 Å². The first-order chi connectivity index (χ1) is 11.2. The fourth-order valence-electron chi connectivity index (χ4n) is 2.90. The number of carbonyl (C=O) groups excluding carboxylic acids is 1. The average molecular weight is 316 g/mol. The normalized spacial score (nSPS) is 16.0. The molecule has 1 aromatic rings. The summed E-state index contributed by atoms with van der Waals surface area (Å²) in [6.07, 6.45) is 5.94. The van der Waals surface area contributed by atoms with Crippen LogP contribution in [0.5, 0.6) is 0 Å². The molecule has 126 valence electrons. The van der Waals surface area contributed by atoms with Gasteiger partial charge < -0.3 is 16.0 Å². The van der Waals surface area contributed by atoms with Crippen LogP contribution in [0.25, 0.3) is 0 Å². The molecule has 0 aromatic heterocycles. The zero-order valence-corrected chi connectivity index (χ0v) is 14.2. The molecule has 5 nitrogen and oxygen atoms in total. The van der Waals surface area contributed by atoms with Gasteiger partial charge in [-0.2, -0.15) is 0 Å². The number of aliphatic imine (C=N–C) groups is 1. The number of nitrogens with zero attached hydrogens (tertiary/aromatic N) is 1. The van der Waals surface area contributed by atoms with Crippen LogP contribution in [0, 0.1) is 6.92 Å². The van der Waals surface area contributed by atoms with Crippen LogP contribution in [0.3, 0.4) is 0 Å². The highest BCUT2D eigenvalue weighted by molar-refractivity contribution is 5.86. The molecule has 5 heteroatoms. The Morgan fingerprint density at radius 1 is 1.17 bits per heavy atom. The summed E-state index contributed by atoms with van der Waals surface area (Å²) >= 11 is 0. The summed E-state index contributed by atoms with van der Waals surface area (Å²) in [4.78, 5) is 16.2. The molecule has 0 radical (unpaired) electrons. The molecule has 1 aromatic carbocycles. The molecule has 0 saturated heterocycles. The van der Waals surface area contributed by atoms with E-state index in [1.165, 1.54) is 30.4 Å². The third-order valence-electron chi connectivity index (χ3n) is 4.32. The van der Waals surface area contributed by atoms with Crippen LogP contribution in [0.15, 0.2) is 29.3 Å². The smallest absolute Gasteiger partial charge is 0.239 e. The molecule has 1 aliphatic carbocycles. The van der Waals surface area contributed by atoms with Gasteiger partial charge in [-0.05, 0) is 30.9 Å². The molecule has 1 amide bonds.